The molecule has 76 valence electrons. The van der Waals surface area contributed by atoms with Crippen molar-refractivity contribution in [3.05, 3.63) is 11.3 Å². The third kappa shape index (κ3) is 1.91. The summed E-state index contributed by atoms with van der Waals surface area (Å²) < 4.78 is 4.55. The number of hydrazine groups is 1. The number of amides is 3. The van der Waals surface area contributed by atoms with Crippen molar-refractivity contribution < 1.29 is 14.1 Å². The van der Waals surface area contributed by atoms with E-state index in [1.165, 1.54) is 0 Å². The van der Waals surface area contributed by atoms with Gasteiger partial charge in [0, 0.05) is 0 Å². The number of carbonyl (C=O) groups excluding carboxylic acids is 2. The van der Waals surface area contributed by atoms with Gasteiger partial charge >= 0.3 is 6.03 Å². The number of anilines is 1. The molecule has 0 aliphatic rings. The van der Waals surface area contributed by atoms with Crippen LogP contribution in [0.25, 0.3) is 0 Å². The fraction of sp³-hybridized carbons (Fsp3) is 0.167. The summed E-state index contributed by atoms with van der Waals surface area (Å²) in [7, 11) is 0. The van der Waals surface area contributed by atoms with E-state index in [1.54, 1.807) is 6.92 Å². The number of urea groups is 1. The number of primary amides is 1. The van der Waals surface area contributed by atoms with Crippen molar-refractivity contribution in [2.45, 2.75) is 6.92 Å². The van der Waals surface area contributed by atoms with Crippen molar-refractivity contribution in [1.82, 2.24) is 16.0 Å². The summed E-state index contributed by atoms with van der Waals surface area (Å²) in [5, 5.41) is 3.46. The predicted molar refractivity (Wildman–Crippen MR) is 45.8 cm³/mol. The number of aromatic nitrogens is 1. The zero-order valence-electron chi connectivity index (χ0n) is 7.33. The van der Waals surface area contributed by atoms with E-state index >= 15 is 0 Å². The van der Waals surface area contributed by atoms with Gasteiger partial charge in [0.25, 0.3) is 5.91 Å². The molecule has 0 atom stereocenters. The maximum Gasteiger partial charge on any atom is 0.330 e. The van der Waals surface area contributed by atoms with Crippen LogP contribution in [-0.4, -0.2) is 17.1 Å². The molecule has 0 fully saturated rings. The average Bonchev–Trinajstić information content (AvgIpc) is 2.42. The summed E-state index contributed by atoms with van der Waals surface area (Å²) in [4.78, 5) is 21.6. The number of nitrogens with two attached hydrogens (primary N) is 2. The smallest absolute Gasteiger partial charge is 0.330 e. The highest BCUT2D eigenvalue weighted by molar-refractivity contribution is 5.99. The van der Waals surface area contributed by atoms with Gasteiger partial charge in [0.2, 0.25) is 5.88 Å². The summed E-state index contributed by atoms with van der Waals surface area (Å²) >= 11 is 0. The van der Waals surface area contributed by atoms with Gasteiger partial charge in [-0.05, 0) is 6.92 Å². The highest BCUT2D eigenvalue weighted by atomic mass is 16.5. The van der Waals surface area contributed by atoms with Gasteiger partial charge < -0.3 is 16.0 Å². The second-order valence-corrected chi connectivity index (χ2v) is 2.45. The Morgan fingerprint density at radius 3 is 2.50 bits per heavy atom. The van der Waals surface area contributed by atoms with E-state index in [-0.39, 0.29) is 11.4 Å². The fourth-order valence-electron chi connectivity index (χ4n) is 0.844. The van der Waals surface area contributed by atoms with Crippen LogP contribution in [-0.2, 0) is 0 Å². The molecule has 8 nitrogen and oxygen atoms in total. The molecule has 1 aromatic rings. The lowest BCUT2D eigenvalue weighted by Gasteiger charge is -2.02. The molecule has 1 rings (SSSR count). The second-order valence-electron chi connectivity index (χ2n) is 2.45. The molecule has 0 bridgehead atoms. The number of carbonyl (C=O) groups is 2. The van der Waals surface area contributed by atoms with Crippen molar-refractivity contribution in [3.63, 3.8) is 0 Å². The van der Waals surface area contributed by atoms with Gasteiger partial charge in [-0.15, -0.1) is 0 Å². The Bertz CT molecular complexity index is 352. The van der Waals surface area contributed by atoms with E-state index in [0.717, 1.165) is 0 Å². The van der Waals surface area contributed by atoms with Gasteiger partial charge in [0.15, 0.2) is 0 Å². The lowest BCUT2D eigenvalue weighted by atomic mass is 10.2. The first-order valence-corrected chi connectivity index (χ1v) is 3.60. The number of aryl methyl sites for hydroxylation is 1. The Labute approximate surface area is 78.6 Å². The maximum absolute atomic E-state index is 11.3. The molecule has 0 radical (unpaired) electrons. The molecule has 0 aliphatic carbocycles. The molecule has 3 amide bonds. The third-order valence-corrected chi connectivity index (χ3v) is 1.42. The van der Waals surface area contributed by atoms with Crippen molar-refractivity contribution >= 4 is 17.8 Å². The zero-order valence-corrected chi connectivity index (χ0v) is 7.33. The number of nitrogens with zero attached hydrogens (tertiary/aromatic N) is 1. The average molecular weight is 199 g/mol. The van der Waals surface area contributed by atoms with Gasteiger partial charge in [-0.1, -0.05) is 5.16 Å². The first-order chi connectivity index (χ1) is 6.52. The van der Waals surface area contributed by atoms with Crippen LogP contribution < -0.4 is 22.3 Å². The lowest BCUT2D eigenvalue weighted by molar-refractivity contribution is 0.0937. The van der Waals surface area contributed by atoms with Crippen LogP contribution in [0, 0.1) is 6.92 Å². The van der Waals surface area contributed by atoms with Crippen molar-refractivity contribution in [1.29, 1.82) is 0 Å². The largest absolute Gasteiger partial charge is 0.367 e. The van der Waals surface area contributed by atoms with E-state index in [2.05, 4.69) is 9.68 Å². The molecule has 0 saturated heterocycles. The molecule has 14 heavy (non-hydrogen) atoms. The number of hydrogen-bond acceptors (Lipinski definition) is 5. The zero-order chi connectivity index (χ0) is 10.7. The summed E-state index contributed by atoms with van der Waals surface area (Å²) in [5.74, 6) is -0.758. The molecule has 6 N–H and O–H groups in total. The van der Waals surface area contributed by atoms with E-state index < -0.39 is 11.9 Å². The molecular formula is C6H9N5O3. The van der Waals surface area contributed by atoms with Crippen LogP contribution in [0.15, 0.2) is 4.52 Å². The van der Waals surface area contributed by atoms with Crippen molar-refractivity contribution in [2.75, 3.05) is 5.73 Å². The highest BCUT2D eigenvalue weighted by Crippen LogP contribution is 2.14. The summed E-state index contributed by atoms with van der Waals surface area (Å²) in [6.45, 7) is 1.54. The Balaban J connectivity index is 2.74. The van der Waals surface area contributed by atoms with Gasteiger partial charge in [0.05, 0.1) is 5.69 Å². The minimum absolute atomic E-state index is 0.0683. The molecule has 1 aromatic heterocycles. The van der Waals surface area contributed by atoms with Crippen LogP contribution in [0.1, 0.15) is 16.1 Å². The van der Waals surface area contributed by atoms with E-state index in [0.29, 0.717) is 5.69 Å². The van der Waals surface area contributed by atoms with Crippen molar-refractivity contribution in [3.8, 4) is 0 Å². The molecule has 1 heterocycles. The van der Waals surface area contributed by atoms with Crippen LogP contribution in [0.3, 0.4) is 0 Å². The molecule has 8 heteroatoms. The van der Waals surface area contributed by atoms with E-state index in [9.17, 15) is 9.59 Å². The van der Waals surface area contributed by atoms with Crippen LogP contribution in [0.4, 0.5) is 10.7 Å². The second kappa shape index (κ2) is 3.64. The summed E-state index contributed by atoms with van der Waals surface area (Å²) in [6, 6.07) is -0.883. The summed E-state index contributed by atoms with van der Waals surface area (Å²) in [6.07, 6.45) is 0. The maximum atomic E-state index is 11.3. The monoisotopic (exact) mass is 199 g/mol. The summed E-state index contributed by atoms with van der Waals surface area (Å²) in [5.41, 5.74) is 14.4. The first kappa shape index (κ1) is 9.84. The van der Waals surface area contributed by atoms with Crippen LogP contribution >= 0.6 is 0 Å². The highest BCUT2D eigenvalue weighted by Gasteiger charge is 2.18. The Morgan fingerprint density at radius 2 is 2.07 bits per heavy atom. The Hall–Kier alpha value is -2.25. The molecule has 0 aromatic carbocycles. The quantitative estimate of drug-likeness (QED) is 0.424. The number of rotatable bonds is 1. The molecule has 0 spiro atoms. The van der Waals surface area contributed by atoms with Gasteiger partial charge in [-0.25, -0.2) is 10.2 Å². The Morgan fingerprint density at radius 1 is 1.43 bits per heavy atom. The van der Waals surface area contributed by atoms with Gasteiger partial charge in [-0.3, -0.25) is 10.2 Å². The SMILES string of the molecule is Cc1noc(N)c1C(=O)NNC(N)=O. The topological polar surface area (TPSA) is 136 Å². The Kier molecular flexibility index (Phi) is 2.56. The minimum atomic E-state index is -0.883. The molecule has 0 saturated carbocycles. The number of nitrogens with one attached hydrogen (secondary N) is 2. The van der Waals surface area contributed by atoms with Crippen LogP contribution in [0.5, 0.6) is 0 Å². The molecular weight excluding hydrogens is 190 g/mol. The molecule has 0 aliphatic heterocycles. The lowest BCUT2D eigenvalue weighted by Crippen LogP contribution is -2.44. The van der Waals surface area contributed by atoms with E-state index in [1.807, 2.05) is 10.9 Å². The standard InChI is InChI=1S/C6H9N5O3/c1-2-3(4(7)14-11-2)5(12)9-10-6(8)13/h7H2,1H3,(H,9,12)(H3,8,10,13). The third-order valence-electron chi connectivity index (χ3n) is 1.42. The number of nitrogen functional groups attached to an aromatic ring is 1. The first-order valence-electron chi connectivity index (χ1n) is 3.60. The predicted octanol–water partition coefficient (Wildman–Crippen LogP) is -1.12. The van der Waals surface area contributed by atoms with Gasteiger partial charge in [0.1, 0.15) is 5.56 Å². The van der Waals surface area contributed by atoms with Crippen LogP contribution in [0.2, 0.25) is 0 Å². The van der Waals surface area contributed by atoms with Gasteiger partial charge in [-0.2, -0.15) is 0 Å². The number of hydrogen-bond donors (Lipinski definition) is 4. The van der Waals surface area contributed by atoms with E-state index in [4.69, 9.17) is 11.5 Å². The minimum Gasteiger partial charge on any atom is -0.367 e. The normalized spacial score (nSPS) is 9.50. The van der Waals surface area contributed by atoms with Crippen molar-refractivity contribution in [2.24, 2.45) is 5.73 Å². The molecule has 0 unspecified atom stereocenters. The fourth-order valence-corrected chi connectivity index (χ4v) is 0.844.